The third-order valence-corrected chi connectivity index (χ3v) is 22.7. The second-order valence-corrected chi connectivity index (χ2v) is 30.9. The molecule has 1 aromatic carbocycles. The third-order valence-electron chi connectivity index (χ3n) is 21.9. The molecular formula is C76H116O25S. The Morgan fingerprint density at radius 3 is 2.09 bits per heavy atom. The van der Waals surface area contributed by atoms with Crippen LogP contribution in [0.2, 0.25) is 0 Å². The molecule has 4 saturated heterocycles. The van der Waals surface area contributed by atoms with Gasteiger partial charge in [0, 0.05) is 111 Å². The molecule has 0 amide bonds. The van der Waals surface area contributed by atoms with Crippen molar-refractivity contribution in [1.29, 1.82) is 0 Å². The fourth-order valence-corrected chi connectivity index (χ4v) is 15.6. The number of allylic oxidation sites excluding steroid dienone is 3. The number of rotatable bonds is 18. The van der Waals surface area contributed by atoms with Gasteiger partial charge in [-0.3, -0.25) is 19.2 Å². The standard InChI is InChI=1S/C76H116O25S/c1-37-16-13-14-17-50(78)29-51(79)18-15-19-65(87)99-72(43(7)73-74(100-73)60(84)32-53(81)30-52(80)31-54(97-47(11)77)33-55-34-61(85)75(92)76(93,101-55)36-62(37)86)42(6)70(90)41(5)69(89)39(3)44(8)94-66-25-23-63(46(10)96-66)98-67-24-21-49(45(9)95-67)28-58(82)40(4)68(88)38(2)26-48-20-22-56-57(27-48)59(83)35-64(102-12)71(56)91/h14-15,17,19-20,22,26-27,35,37,39-46,49-55,60-63,66-70,72-75,78-81,84-86,88-90,92-93H,13,16,18,21,23-25,28-34,36H2,1-12H3/b17-14+,19-15+,38-26+. The van der Waals surface area contributed by atoms with E-state index in [1.807, 2.05) is 13.8 Å². The molecule has 1 aromatic rings. The molecule has 2 bridgehead atoms. The summed E-state index contributed by atoms with van der Waals surface area (Å²) in [6.45, 7) is 18.7. The monoisotopic (exact) mass is 1460 g/mol. The van der Waals surface area contributed by atoms with E-state index in [0.717, 1.165) is 13.0 Å². The molecule has 7 rings (SSSR count). The number of hydrogen-bond acceptors (Lipinski definition) is 26. The molecule has 25 nitrogen and oxygen atoms in total. The maximum Gasteiger partial charge on any atom is 0.330 e. The molecule has 4 fully saturated rings. The number of carbonyl (C=O) groups is 5. The molecule has 12 N–H and O–H groups in total. The smallest absolute Gasteiger partial charge is 0.330 e. The number of Topliss-reactive ketones (excluding diaryl/α,β-unsaturated/α-hetero) is 2. The van der Waals surface area contributed by atoms with Gasteiger partial charge in [-0.05, 0) is 114 Å². The number of ether oxygens (including phenoxy) is 8. The average Bonchev–Trinajstić information content (AvgIpc) is 1.39. The van der Waals surface area contributed by atoms with Crippen molar-refractivity contribution in [2.24, 2.45) is 41.4 Å². The molecule has 1 aliphatic carbocycles. The number of hydrogen-bond donors (Lipinski definition) is 12. The van der Waals surface area contributed by atoms with E-state index in [9.17, 15) is 85.3 Å². The molecular weight excluding hydrogens is 1340 g/mol. The van der Waals surface area contributed by atoms with Crippen molar-refractivity contribution < 1.29 is 123 Å². The fraction of sp³-hybridized carbons (Fsp3) is 0.750. The molecule has 6 aliphatic rings. The van der Waals surface area contributed by atoms with Crippen molar-refractivity contribution in [3.05, 3.63) is 75.7 Å². The molecule has 30 unspecified atom stereocenters. The lowest BCUT2D eigenvalue weighted by Gasteiger charge is -2.45. The number of thioether (sulfide) groups is 1. The number of cyclic esters (lactones) is 1. The highest BCUT2D eigenvalue weighted by Crippen LogP contribution is 2.42. The van der Waals surface area contributed by atoms with Crippen LogP contribution in [0, 0.1) is 41.4 Å². The number of ketones is 3. The summed E-state index contributed by atoms with van der Waals surface area (Å²) in [6.07, 6.45) is -10.1. The van der Waals surface area contributed by atoms with Crippen LogP contribution in [-0.2, 0) is 52.3 Å². The van der Waals surface area contributed by atoms with Gasteiger partial charge in [0.2, 0.25) is 0 Å². The Labute approximate surface area is 604 Å². The zero-order valence-corrected chi connectivity index (χ0v) is 61.9. The summed E-state index contributed by atoms with van der Waals surface area (Å²) in [7, 11) is 0. The number of epoxide rings is 1. The first kappa shape index (κ1) is 85.0. The van der Waals surface area contributed by atoms with E-state index in [1.54, 1.807) is 92.0 Å². The second kappa shape index (κ2) is 38.5. The number of carbonyl (C=O) groups excluding carboxylic acids is 5. The molecule has 0 aromatic heterocycles. The molecule has 30 atom stereocenters. The van der Waals surface area contributed by atoms with Gasteiger partial charge >= 0.3 is 11.9 Å². The number of aliphatic hydroxyl groups excluding tert-OH is 11. The Bertz CT molecular complexity index is 3050. The van der Waals surface area contributed by atoms with Crippen LogP contribution in [0.3, 0.4) is 0 Å². The third kappa shape index (κ3) is 23.4. The fourth-order valence-electron chi connectivity index (χ4n) is 15.1. The average molecular weight is 1460 g/mol. The van der Waals surface area contributed by atoms with Gasteiger partial charge in [-0.2, -0.15) is 0 Å². The van der Waals surface area contributed by atoms with E-state index in [0.29, 0.717) is 65.7 Å². The van der Waals surface area contributed by atoms with Crippen molar-refractivity contribution in [3.63, 3.8) is 0 Å². The SMILES string of the molecule is CSC1=CC(=O)c2cc(/C=C(\C)C(O)C(C)C(=O)CC3CCC(OC4CCC(OC(C)C(C)C(O)C(C)C(O)C(C)C5OC(=O)/C=C/CC(O)CC(O)/C=C/CCC(C)C(O)CC6(O)OC(CC(OC(C)=O)CC(O)CC(O)CC(O)C7OC7C5C)CC(O)C6O)OC4C)OC3C)ccc2C1=O. The minimum absolute atomic E-state index is 0.0533. The van der Waals surface area contributed by atoms with E-state index in [-0.39, 0.29) is 86.8 Å². The van der Waals surface area contributed by atoms with Crippen LogP contribution in [0.1, 0.15) is 199 Å². The highest BCUT2D eigenvalue weighted by atomic mass is 32.2. The highest BCUT2D eigenvalue weighted by molar-refractivity contribution is 8.03. The first-order chi connectivity index (χ1) is 48.0. The normalized spacial score (nSPS) is 38.5. The summed E-state index contributed by atoms with van der Waals surface area (Å²) in [5, 5.41) is 135. The molecule has 102 heavy (non-hydrogen) atoms. The van der Waals surface area contributed by atoms with Gasteiger partial charge in [0.15, 0.2) is 29.9 Å². The van der Waals surface area contributed by atoms with Gasteiger partial charge in [-0.25, -0.2) is 4.79 Å². The Kier molecular flexibility index (Phi) is 32.1. The van der Waals surface area contributed by atoms with Crippen LogP contribution in [0.15, 0.2) is 59.1 Å². The first-order valence-electron chi connectivity index (χ1n) is 36.6. The molecule has 0 radical (unpaired) electrons. The summed E-state index contributed by atoms with van der Waals surface area (Å²) in [5.41, 5.74) is 1.80. The van der Waals surface area contributed by atoms with Crippen molar-refractivity contribution in [3.8, 4) is 0 Å². The summed E-state index contributed by atoms with van der Waals surface area (Å²) in [5.74, 6) is -8.83. The van der Waals surface area contributed by atoms with E-state index in [2.05, 4.69) is 0 Å². The Balaban J connectivity index is 0.916. The van der Waals surface area contributed by atoms with Crippen molar-refractivity contribution in [2.75, 3.05) is 6.26 Å². The van der Waals surface area contributed by atoms with E-state index < -0.39 is 182 Å². The lowest BCUT2D eigenvalue weighted by molar-refractivity contribution is -0.333. The number of esters is 2. The summed E-state index contributed by atoms with van der Waals surface area (Å²) >= 11 is 1.22. The van der Waals surface area contributed by atoms with Gasteiger partial charge in [-0.15, -0.1) is 11.8 Å². The lowest BCUT2D eigenvalue weighted by Crippen LogP contribution is -2.60. The molecule has 26 heteroatoms. The van der Waals surface area contributed by atoms with Gasteiger partial charge < -0.3 is 99.2 Å². The predicted octanol–water partition coefficient (Wildman–Crippen LogP) is 5.64. The van der Waals surface area contributed by atoms with Gasteiger partial charge in [-0.1, -0.05) is 71.9 Å². The summed E-state index contributed by atoms with van der Waals surface area (Å²) in [6, 6.07) is 4.97. The molecule has 576 valence electrons. The van der Waals surface area contributed by atoms with Gasteiger partial charge in [0.05, 0.1) is 103 Å². The summed E-state index contributed by atoms with van der Waals surface area (Å²) < 4.78 is 49.1. The van der Waals surface area contributed by atoms with Gasteiger partial charge in [0.1, 0.15) is 30.2 Å². The number of aliphatic hydroxyl groups is 12. The molecule has 5 heterocycles. The van der Waals surface area contributed by atoms with Crippen molar-refractivity contribution in [2.45, 2.75) is 313 Å². The van der Waals surface area contributed by atoms with Crippen LogP contribution < -0.4 is 0 Å². The van der Waals surface area contributed by atoms with Crippen LogP contribution in [-0.4, -0.2) is 237 Å². The summed E-state index contributed by atoms with van der Waals surface area (Å²) in [4.78, 5) is 65.7. The van der Waals surface area contributed by atoms with E-state index in [1.165, 1.54) is 30.0 Å². The molecule has 0 saturated carbocycles. The second-order valence-electron chi connectivity index (χ2n) is 30.1. The zero-order valence-electron chi connectivity index (χ0n) is 61.1. The van der Waals surface area contributed by atoms with Gasteiger partial charge in [0.25, 0.3) is 0 Å². The van der Waals surface area contributed by atoms with Crippen LogP contribution >= 0.6 is 11.8 Å². The Hall–Kier alpha value is -4.24. The predicted molar refractivity (Wildman–Crippen MR) is 375 cm³/mol. The van der Waals surface area contributed by atoms with Crippen molar-refractivity contribution >= 4 is 47.1 Å². The van der Waals surface area contributed by atoms with E-state index >= 15 is 0 Å². The quantitative estimate of drug-likeness (QED) is 0.0480. The Morgan fingerprint density at radius 2 is 1.41 bits per heavy atom. The molecule has 5 aliphatic heterocycles. The zero-order chi connectivity index (χ0) is 75.4. The topological polar surface area (TPSA) is 405 Å². The van der Waals surface area contributed by atoms with Crippen LogP contribution in [0.25, 0.3) is 6.08 Å². The Morgan fingerprint density at radius 1 is 0.725 bits per heavy atom. The largest absolute Gasteiger partial charge is 0.462 e. The highest BCUT2D eigenvalue weighted by Gasteiger charge is 2.54. The van der Waals surface area contributed by atoms with E-state index in [4.69, 9.17) is 37.9 Å². The van der Waals surface area contributed by atoms with Crippen molar-refractivity contribution in [1.82, 2.24) is 0 Å². The minimum Gasteiger partial charge on any atom is -0.462 e. The number of benzene rings is 1. The van der Waals surface area contributed by atoms with Crippen LogP contribution in [0.4, 0.5) is 0 Å². The minimum atomic E-state index is -2.41. The van der Waals surface area contributed by atoms with Crippen LogP contribution in [0.5, 0.6) is 0 Å². The lowest BCUT2D eigenvalue weighted by atomic mass is 9.77. The maximum atomic E-state index is 13.7. The molecule has 0 spiro atoms. The number of fused-ring (bicyclic) bond motifs is 4. The maximum absolute atomic E-state index is 13.7. The first-order valence-corrected chi connectivity index (χ1v) is 37.8.